The second-order valence-corrected chi connectivity index (χ2v) is 5.37. The number of amides is 2. The molecule has 2 rings (SSSR count). The van der Waals surface area contributed by atoms with Crippen LogP contribution < -0.4 is 5.32 Å². The fourth-order valence-electron chi connectivity index (χ4n) is 2.07. The van der Waals surface area contributed by atoms with E-state index in [4.69, 9.17) is 11.6 Å². The minimum atomic E-state index is -0.284. The van der Waals surface area contributed by atoms with Gasteiger partial charge in [0.1, 0.15) is 0 Å². The Hall–Kier alpha value is -2.33. The molecule has 0 atom stereocenters. The van der Waals surface area contributed by atoms with Gasteiger partial charge in [-0.15, -0.1) is 0 Å². The molecule has 0 spiro atoms. The first-order chi connectivity index (χ1) is 10.6. The molecular formula is C17H17ClN2O2. The fraction of sp³-hybridized carbons (Fsp3) is 0.176. The van der Waals surface area contributed by atoms with Crippen LogP contribution in [0.15, 0.2) is 48.5 Å². The minimum Gasteiger partial charge on any atom is -0.332 e. The van der Waals surface area contributed by atoms with Crippen LogP contribution in [0.1, 0.15) is 11.1 Å². The molecule has 0 aliphatic rings. The van der Waals surface area contributed by atoms with Gasteiger partial charge in [-0.3, -0.25) is 9.59 Å². The summed E-state index contributed by atoms with van der Waals surface area (Å²) in [6, 6.07) is 14.7. The van der Waals surface area contributed by atoms with E-state index < -0.39 is 0 Å². The number of halogens is 1. The van der Waals surface area contributed by atoms with Crippen molar-refractivity contribution >= 4 is 29.6 Å². The number of nitrogens with one attached hydrogen (secondary N) is 1. The highest BCUT2D eigenvalue weighted by Gasteiger charge is 2.11. The van der Waals surface area contributed by atoms with E-state index in [0.717, 1.165) is 11.1 Å². The maximum atomic E-state index is 12.0. The summed E-state index contributed by atoms with van der Waals surface area (Å²) in [6.45, 7) is 2.34. The van der Waals surface area contributed by atoms with Crippen LogP contribution in [0.3, 0.4) is 0 Å². The van der Waals surface area contributed by atoms with Crippen LogP contribution in [0.4, 0.5) is 5.69 Å². The predicted octanol–water partition coefficient (Wildman–Crippen LogP) is 3.25. The smallest absolute Gasteiger partial charge is 0.244 e. The summed E-state index contributed by atoms with van der Waals surface area (Å²) in [5.74, 6) is -0.284. The van der Waals surface area contributed by atoms with Gasteiger partial charge in [-0.25, -0.2) is 0 Å². The van der Waals surface area contributed by atoms with Crippen molar-refractivity contribution in [2.24, 2.45) is 0 Å². The zero-order valence-electron chi connectivity index (χ0n) is 12.3. The number of hydrogen-bond acceptors (Lipinski definition) is 2. The summed E-state index contributed by atoms with van der Waals surface area (Å²) in [5, 5.41) is 3.17. The lowest BCUT2D eigenvalue weighted by atomic mass is 10.1. The number of carbonyl (C=O) groups excluding carboxylic acids is 2. The summed E-state index contributed by atoms with van der Waals surface area (Å²) in [4.78, 5) is 24.7. The Kier molecular flexibility index (Phi) is 5.55. The van der Waals surface area contributed by atoms with Gasteiger partial charge in [0.2, 0.25) is 12.3 Å². The highest BCUT2D eigenvalue weighted by Crippen LogP contribution is 2.20. The summed E-state index contributed by atoms with van der Waals surface area (Å²) in [6.07, 6.45) is 0.679. The zero-order valence-corrected chi connectivity index (χ0v) is 13.0. The lowest BCUT2D eigenvalue weighted by molar-refractivity contribution is -0.125. The van der Waals surface area contributed by atoms with Crippen molar-refractivity contribution in [3.63, 3.8) is 0 Å². The van der Waals surface area contributed by atoms with Crippen LogP contribution in [0.2, 0.25) is 5.02 Å². The maximum absolute atomic E-state index is 12.0. The highest BCUT2D eigenvalue weighted by molar-refractivity contribution is 6.33. The lowest BCUT2D eigenvalue weighted by Gasteiger charge is -2.18. The second-order valence-electron chi connectivity index (χ2n) is 4.96. The summed E-state index contributed by atoms with van der Waals surface area (Å²) in [5.41, 5.74) is 2.64. The number of rotatable bonds is 6. The quantitative estimate of drug-likeness (QED) is 0.832. The van der Waals surface area contributed by atoms with E-state index in [1.54, 1.807) is 24.3 Å². The summed E-state index contributed by atoms with van der Waals surface area (Å²) >= 11 is 5.99. The van der Waals surface area contributed by atoms with E-state index >= 15 is 0 Å². The molecule has 5 heteroatoms. The number of benzene rings is 2. The van der Waals surface area contributed by atoms with Gasteiger partial charge in [-0.1, -0.05) is 48.0 Å². The summed E-state index contributed by atoms with van der Waals surface area (Å²) in [7, 11) is 0. The maximum Gasteiger partial charge on any atom is 0.244 e. The third-order valence-electron chi connectivity index (χ3n) is 3.28. The van der Waals surface area contributed by atoms with Gasteiger partial charge in [0, 0.05) is 6.54 Å². The first-order valence-corrected chi connectivity index (χ1v) is 7.26. The molecule has 0 fully saturated rings. The van der Waals surface area contributed by atoms with Gasteiger partial charge in [-0.05, 0) is 30.2 Å². The molecule has 0 bridgehead atoms. The van der Waals surface area contributed by atoms with E-state index in [9.17, 15) is 9.59 Å². The van der Waals surface area contributed by atoms with E-state index in [2.05, 4.69) is 5.32 Å². The molecule has 0 aromatic heterocycles. The van der Waals surface area contributed by atoms with Crippen molar-refractivity contribution in [2.75, 3.05) is 11.9 Å². The first-order valence-electron chi connectivity index (χ1n) is 6.88. The van der Waals surface area contributed by atoms with Crippen molar-refractivity contribution < 1.29 is 9.59 Å². The van der Waals surface area contributed by atoms with Crippen molar-refractivity contribution in [2.45, 2.75) is 13.5 Å². The van der Waals surface area contributed by atoms with Crippen molar-refractivity contribution in [3.05, 3.63) is 64.7 Å². The van der Waals surface area contributed by atoms with E-state index in [0.29, 0.717) is 23.7 Å². The van der Waals surface area contributed by atoms with Gasteiger partial charge < -0.3 is 10.2 Å². The number of carbonyl (C=O) groups is 2. The Balaban J connectivity index is 1.98. The fourth-order valence-corrected chi connectivity index (χ4v) is 2.26. The molecule has 2 aromatic rings. The average molecular weight is 317 g/mol. The van der Waals surface area contributed by atoms with Gasteiger partial charge >= 0.3 is 0 Å². The van der Waals surface area contributed by atoms with Crippen molar-refractivity contribution in [1.29, 1.82) is 0 Å². The summed E-state index contributed by atoms with van der Waals surface area (Å²) < 4.78 is 0. The molecule has 0 aliphatic carbocycles. The third-order valence-corrected chi connectivity index (χ3v) is 3.61. The van der Waals surface area contributed by atoms with Crippen LogP contribution in [0.5, 0.6) is 0 Å². The molecule has 1 N–H and O–H groups in total. The number of anilines is 1. The molecule has 114 valence electrons. The monoisotopic (exact) mass is 316 g/mol. The molecule has 0 radical (unpaired) electrons. The average Bonchev–Trinajstić information content (AvgIpc) is 2.51. The molecule has 0 saturated carbocycles. The zero-order chi connectivity index (χ0) is 15.9. The van der Waals surface area contributed by atoms with Gasteiger partial charge in [-0.2, -0.15) is 0 Å². The largest absolute Gasteiger partial charge is 0.332 e. The van der Waals surface area contributed by atoms with Gasteiger partial charge in [0.05, 0.1) is 17.3 Å². The van der Waals surface area contributed by atoms with Gasteiger partial charge in [0.15, 0.2) is 0 Å². The molecule has 2 amide bonds. The van der Waals surface area contributed by atoms with Crippen LogP contribution >= 0.6 is 11.6 Å². The Bertz CT molecular complexity index is 673. The Labute approximate surface area is 134 Å². The third kappa shape index (κ3) is 4.33. The molecule has 0 unspecified atom stereocenters. The Morgan fingerprint density at radius 2 is 1.86 bits per heavy atom. The lowest BCUT2D eigenvalue weighted by Crippen LogP contribution is -2.32. The highest BCUT2D eigenvalue weighted by atomic mass is 35.5. The topological polar surface area (TPSA) is 49.4 Å². The van der Waals surface area contributed by atoms with Crippen molar-refractivity contribution in [3.8, 4) is 0 Å². The minimum absolute atomic E-state index is 0.0247. The van der Waals surface area contributed by atoms with Crippen molar-refractivity contribution in [1.82, 2.24) is 4.90 Å². The number of nitrogens with zero attached hydrogens (tertiary/aromatic N) is 1. The first kappa shape index (κ1) is 16.0. The Morgan fingerprint density at radius 3 is 2.55 bits per heavy atom. The van der Waals surface area contributed by atoms with Gasteiger partial charge in [0.25, 0.3) is 0 Å². The van der Waals surface area contributed by atoms with E-state index in [1.807, 2.05) is 31.2 Å². The Morgan fingerprint density at radius 1 is 1.18 bits per heavy atom. The normalized spacial score (nSPS) is 10.1. The standard InChI is InChI=1S/C17H17ClN2O2/c1-13-6-2-3-7-14(13)10-20(12-21)11-17(22)19-16-9-5-4-8-15(16)18/h2-9,12H,10-11H2,1H3,(H,19,22). The SMILES string of the molecule is Cc1ccccc1CN(C=O)CC(=O)Nc1ccccc1Cl. The molecule has 0 aliphatic heterocycles. The number of para-hydroxylation sites is 1. The van der Waals surface area contributed by atoms with Crippen LogP contribution in [0, 0.1) is 6.92 Å². The molecule has 22 heavy (non-hydrogen) atoms. The van der Waals surface area contributed by atoms with E-state index in [1.165, 1.54) is 4.90 Å². The molecule has 0 saturated heterocycles. The predicted molar refractivity (Wildman–Crippen MR) is 87.7 cm³/mol. The van der Waals surface area contributed by atoms with Crippen LogP contribution in [0.25, 0.3) is 0 Å². The molecule has 0 heterocycles. The number of hydrogen-bond donors (Lipinski definition) is 1. The van der Waals surface area contributed by atoms with E-state index in [-0.39, 0.29) is 12.5 Å². The molecule has 2 aromatic carbocycles. The molecular weight excluding hydrogens is 300 g/mol. The van der Waals surface area contributed by atoms with Crippen LogP contribution in [-0.2, 0) is 16.1 Å². The second kappa shape index (κ2) is 7.61. The number of aryl methyl sites for hydroxylation is 1. The van der Waals surface area contributed by atoms with Crippen LogP contribution in [-0.4, -0.2) is 23.8 Å². The molecule has 4 nitrogen and oxygen atoms in total.